The van der Waals surface area contributed by atoms with Crippen molar-refractivity contribution < 1.29 is 23.2 Å². The lowest BCUT2D eigenvalue weighted by molar-refractivity contribution is -0.116. The minimum absolute atomic E-state index is 0.126. The number of amides is 3. The molecule has 0 aliphatic carbocycles. The van der Waals surface area contributed by atoms with Crippen LogP contribution in [0.2, 0.25) is 0 Å². The zero-order valence-corrected chi connectivity index (χ0v) is 22.9. The summed E-state index contributed by atoms with van der Waals surface area (Å²) in [7, 11) is 0. The maximum Gasteiger partial charge on any atom is 0.275 e. The van der Waals surface area contributed by atoms with Gasteiger partial charge in [0, 0.05) is 53.5 Å². The topological polar surface area (TPSA) is 78.5 Å². The summed E-state index contributed by atoms with van der Waals surface area (Å²) in [6.45, 7) is 1.76. The van der Waals surface area contributed by atoms with Crippen molar-refractivity contribution in [2.45, 2.75) is 19.3 Å². The average Bonchev–Trinajstić information content (AvgIpc) is 3.11. The molecule has 0 saturated heterocycles. The summed E-state index contributed by atoms with van der Waals surface area (Å²) in [4.78, 5) is 40.3. The van der Waals surface area contributed by atoms with E-state index in [1.807, 2.05) is 42.5 Å². The highest BCUT2D eigenvalue weighted by molar-refractivity contribution is 6.11. The predicted octanol–water partition coefficient (Wildman–Crippen LogP) is 6.81. The number of anilines is 2. The Balaban J connectivity index is 1.39. The molecule has 0 unspecified atom stereocenters. The number of benzene rings is 4. The van der Waals surface area contributed by atoms with E-state index < -0.39 is 29.7 Å². The van der Waals surface area contributed by atoms with Gasteiger partial charge in [-0.15, -0.1) is 0 Å². The number of nitrogens with zero attached hydrogens (tertiary/aromatic N) is 1. The minimum atomic E-state index is -3.32. The first-order valence-electron chi connectivity index (χ1n) is 13.6. The molecule has 6 nitrogen and oxygen atoms in total. The van der Waals surface area contributed by atoms with Gasteiger partial charge in [0.05, 0.1) is 5.69 Å². The highest BCUT2D eigenvalue weighted by atomic mass is 19.3. The van der Waals surface area contributed by atoms with E-state index in [4.69, 9.17) is 0 Å². The predicted molar refractivity (Wildman–Crippen MR) is 161 cm³/mol. The van der Waals surface area contributed by atoms with Crippen molar-refractivity contribution in [3.05, 3.63) is 126 Å². The zero-order chi connectivity index (χ0) is 29.7. The third-order valence-electron chi connectivity index (χ3n) is 7.05. The number of rotatable bonds is 6. The molecule has 0 bridgehead atoms. The number of halogens is 2. The molecule has 0 radical (unpaired) electrons. The summed E-state index contributed by atoms with van der Waals surface area (Å²) in [5.41, 5.74) is 2.96. The van der Waals surface area contributed by atoms with Crippen LogP contribution in [0.15, 0.2) is 109 Å². The van der Waals surface area contributed by atoms with Crippen molar-refractivity contribution in [2.75, 3.05) is 23.3 Å². The number of hydrogen-bond donors (Lipinski definition) is 2. The molecule has 1 aliphatic heterocycles. The average molecular weight is 566 g/mol. The number of carbonyl (C=O) groups is 3. The van der Waals surface area contributed by atoms with Crippen LogP contribution in [0.5, 0.6) is 0 Å². The number of hydrogen-bond acceptors (Lipinski definition) is 3. The standard InChI is InChI=1S/C34H29F2N3O3/c1-2-37-31(40)22-29-28-14-8-9-15-30(28)39(21-20-34(29,35)36)33(42)24-16-18-25(19-17-24)38-32(41)27-13-7-6-12-26(27)23-10-4-3-5-11-23/h3-19,22H,2,20-21H2,1H3,(H,37,40)(H,38,41). The first-order chi connectivity index (χ1) is 20.3. The van der Waals surface area contributed by atoms with E-state index in [-0.39, 0.29) is 23.6 Å². The maximum atomic E-state index is 15.3. The third kappa shape index (κ3) is 5.98. The summed E-state index contributed by atoms with van der Waals surface area (Å²) in [6.07, 6.45) is 0.275. The fourth-order valence-electron chi connectivity index (χ4n) is 4.99. The molecular formula is C34H29F2N3O3. The van der Waals surface area contributed by atoms with Crippen molar-refractivity contribution in [1.29, 1.82) is 0 Å². The van der Waals surface area contributed by atoms with Gasteiger partial charge in [-0.25, -0.2) is 8.78 Å². The van der Waals surface area contributed by atoms with Gasteiger partial charge < -0.3 is 15.5 Å². The number of para-hydroxylation sites is 1. The van der Waals surface area contributed by atoms with Crippen LogP contribution in [0, 0.1) is 0 Å². The Kier molecular flexibility index (Phi) is 8.24. The van der Waals surface area contributed by atoms with Crippen molar-refractivity contribution in [2.24, 2.45) is 0 Å². The second kappa shape index (κ2) is 12.2. The quantitative estimate of drug-likeness (QED) is 0.252. The fraction of sp³-hybridized carbons (Fsp3) is 0.147. The Bertz CT molecular complexity index is 1650. The van der Waals surface area contributed by atoms with Gasteiger partial charge >= 0.3 is 0 Å². The number of nitrogens with one attached hydrogen (secondary N) is 2. The fourth-order valence-corrected chi connectivity index (χ4v) is 4.99. The second-order valence-corrected chi connectivity index (χ2v) is 9.82. The molecule has 0 fully saturated rings. The normalized spacial score (nSPS) is 14.9. The van der Waals surface area contributed by atoms with Crippen molar-refractivity contribution in [3.63, 3.8) is 0 Å². The number of fused-ring (bicyclic) bond motifs is 1. The molecule has 0 atom stereocenters. The number of alkyl halides is 2. The summed E-state index contributed by atoms with van der Waals surface area (Å²) < 4.78 is 30.5. The molecular weight excluding hydrogens is 536 g/mol. The lowest BCUT2D eigenvalue weighted by atomic mass is 9.97. The highest BCUT2D eigenvalue weighted by Crippen LogP contribution is 2.43. The third-order valence-corrected chi connectivity index (χ3v) is 7.05. The van der Waals surface area contributed by atoms with Gasteiger partial charge in [-0.05, 0) is 54.4 Å². The van der Waals surface area contributed by atoms with Crippen LogP contribution in [-0.2, 0) is 4.79 Å². The van der Waals surface area contributed by atoms with E-state index in [9.17, 15) is 14.4 Å². The van der Waals surface area contributed by atoms with Crippen LogP contribution >= 0.6 is 0 Å². The van der Waals surface area contributed by atoms with Gasteiger partial charge in [0.1, 0.15) is 0 Å². The molecule has 0 spiro atoms. The molecule has 0 aromatic heterocycles. The SMILES string of the molecule is CCNC(=O)C=C1c2ccccc2N(C(=O)c2ccc(NC(=O)c3ccccc3-c3ccccc3)cc2)CCC1(F)F. The highest BCUT2D eigenvalue weighted by Gasteiger charge is 2.41. The summed E-state index contributed by atoms with van der Waals surface area (Å²) in [5.74, 6) is -4.71. The molecule has 8 heteroatoms. The maximum absolute atomic E-state index is 15.3. The number of allylic oxidation sites excluding steroid dienone is 1. The van der Waals surface area contributed by atoms with Gasteiger partial charge in [-0.2, -0.15) is 0 Å². The van der Waals surface area contributed by atoms with E-state index in [2.05, 4.69) is 10.6 Å². The summed E-state index contributed by atoms with van der Waals surface area (Å²) in [6, 6.07) is 29.6. The van der Waals surface area contributed by atoms with Crippen molar-refractivity contribution in [1.82, 2.24) is 5.32 Å². The summed E-state index contributed by atoms with van der Waals surface area (Å²) >= 11 is 0. The molecule has 42 heavy (non-hydrogen) atoms. The van der Waals surface area contributed by atoms with Crippen LogP contribution < -0.4 is 15.5 Å². The minimum Gasteiger partial charge on any atom is -0.353 e. The van der Waals surface area contributed by atoms with Gasteiger partial charge in [0.25, 0.3) is 17.7 Å². The number of likely N-dealkylation sites (N-methyl/N-ethyl adjacent to an activating group) is 1. The smallest absolute Gasteiger partial charge is 0.275 e. The molecule has 212 valence electrons. The van der Waals surface area contributed by atoms with Gasteiger partial charge in [-0.1, -0.05) is 66.7 Å². The lowest BCUT2D eigenvalue weighted by Crippen LogP contribution is -2.33. The van der Waals surface area contributed by atoms with Crippen molar-refractivity contribution in [3.8, 4) is 11.1 Å². The monoisotopic (exact) mass is 565 g/mol. The Morgan fingerprint density at radius 1 is 0.833 bits per heavy atom. The molecule has 4 aromatic carbocycles. The lowest BCUT2D eigenvalue weighted by Gasteiger charge is -2.23. The molecule has 5 rings (SSSR count). The van der Waals surface area contributed by atoms with Crippen LogP contribution in [-0.4, -0.2) is 36.7 Å². The molecule has 2 N–H and O–H groups in total. The Morgan fingerprint density at radius 2 is 1.48 bits per heavy atom. The molecule has 4 aromatic rings. The van der Waals surface area contributed by atoms with Gasteiger partial charge in [-0.3, -0.25) is 14.4 Å². The van der Waals surface area contributed by atoms with Crippen LogP contribution in [0.1, 0.15) is 39.6 Å². The van der Waals surface area contributed by atoms with E-state index in [0.29, 0.717) is 23.5 Å². The van der Waals surface area contributed by atoms with E-state index in [0.717, 1.165) is 17.2 Å². The van der Waals surface area contributed by atoms with E-state index in [1.165, 1.54) is 11.0 Å². The van der Waals surface area contributed by atoms with Gasteiger partial charge in [0.2, 0.25) is 5.91 Å². The molecule has 3 amide bonds. The zero-order valence-electron chi connectivity index (χ0n) is 22.9. The molecule has 1 aliphatic rings. The number of carbonyl (C=O) groups excluding carboxylic acids is 3. The molecule has 0 saturated carbocycles. The van der Waals surface area contributed by atoms with E-state index >= 15 is 8.78 Å². The Hall–Kier alpha value is -5.11. The van der Waals surface area contributed by atoms with Crippen LogP contribution in [0.25, 0.3) is 16.7 Å². The molecule has 1 heterocycles. The second-order valence-electron chi connectivity index (χ2n) is 9.82. The largest absolute Gasteiger partial charge is 0.353 e. The first-order valence-corrected chi connectivity index (χ1v) is 13.6. The Morgan fingerprint density at radius 3 is 2.19 bits per heavy atom. The van der Waals surface area contributed by atoms with Crippen LogP contribution in [0.3, 0.4) is 0 Å². The van der Waals surface area contributed by atoms with E-state index in [1.54, 1.807) is 61.5 Å². The van der Waals surface area contributed by atoms with Crippen LogP contribution in [0.4, 0.5) is 20.2 Å². The summed E-state index contributed by atoms with van der Waals surface area (Å²) in [5, 5.41) is 5.40. The van der Waals surface area contributed by atoms with Gasteiger partial charge in [0.15, 0.2) is 0 Å². The first kappa shape index (κ1) is 28.4. The van der Waals surface area contributed by atoms with Crippen molar-refractivity contribution >= 4 is 34.7 Å². The Labute approximate surface area is 242 Å².